The van der Waals surface area contributed by atoms with Crippen molar-refractivity contribution in [2.75, 3.05) is 5.32 Å². The van der Waals surface area contributed by atoms with E-state index in [4.69, 9.17) is 23.2 Å². The lowest BCUT2D eigenvalue weighted by Crippen LogP contribution is -2.28. The van der Waals surface area contributed by atoms with Crippen molar-refractivity contribution < 1.29 is 4.79 Å². The summed E-state index contributed by atoms with van der Waals surface area (Å²) in [5.41, 5.74) is 1.43. The highest BCUT2D eigenvalue weighted by atomic mass is 35.5. The number of halogens is 2. The van der Waals surface area contributed by atoms with E-state index < -0.39 is 0 Å². The zero-order valence-corrected chi connectivity index (χ0v) is 13.8. The Morgan fingerprint density at radius 2 is 2.12 bits per heavy atom. The summed E-state index contributed by atoms with van der Waals surface area (Å²) in [5, 5.41) is 10.3. The van der Waals surface area contributed by atoms with Crippen LogP contribution in [0.25, 0.3) is 5.82 Å². The Labute approximate surface area is 147 Å². The van der Waals surface area contributed by atoms with Crippen LogP contribution in [-0.2, 0) is 6.54 Å². The summed E-state index contributed by atoms with van der Waals surface area (Å²) in [5.74, 6) is 0.502. The van der Waals surface area contributed by atoms with Crippen LogP contribution in [-0.4, -0.2) is 25.8 Å². The minimum absolute atomic E-state index is 0.122. The maximum absolute atomic E-state index is 11.9. The molecule has 0 unspecified atom stereocenters. The van der Waals surface area contributed by atoms with Crippen LogP contribution in [0.5, 0.6) is 0 Å². The number of rotatable bonds is 4. The summed E-state index contributed by atoms with van der Waals surface area (Å²) in [6, 6.07) is 8.58. The number of benzene rings is 1. The average Bonchev–Trinajstić information content (AvgIpc) is 3.01. The number of amides is 2. The van der Waals surface area contributed by atoms with Crippen LogP contribution < -0.4 is 10.6 Å². The van der Waals surface area contributed by atoms with E-state index in [0.29, 0.717) is 23.1 Å². The molecule has 0 saturated carbocycles. The molecule has 24 heavy (non-hydrogen) atoms. The molecule has 3 rings (SSSR count). The number of carbonyl (C=O) groups is 1. The Bertz CT molecular complexity index is 866. The van der Waals surface area contributed by atoms with Gasteiger partial charge in [0.15, 0.2) is 5.82 Å². The highest BCUT2D eigenvalue weighted by molar-refractivity contribution is 6.30. The number of aromatic nitrogens is 4. The summed E-state index contributed by atoms with van der Waals surface area (Å²) in [7, 11) is 0. The number of nitrogens with one attached hydrogen (secondary N) is 2. The van der Waals surface area contributed by atoms with Gasteiger partial charge in [0.1, 0.15) is 0 Å². The van der Waals surface area contributed by atoms with Gasteiger partial charge in [0.25, 0.3) is 0 Å². The van der Waals surface area contributed by atoms with E-state index in [1.54, 1.807) is 24.4 Å². The van der Waals surface area contributed by atoms with E-state index in [9.17, 15) is 4.79 Å². The molecule has 1 aromatic carbocycles. The molecule has 0 aliphatic rings. The highest BCUT2D eigenvalue weighted by Crippen LogP contribution is 2.12. The lowest BCUT2D eigenvalue weighted by Gasteiger charge is -2.06. The Balaban J connectivity index is 1.59. The number of hydrogen-bond donors (Lipinski definition) is 2. The second-order valence-corrected chi connectivity index (χ2v) is 5.57. The largest absolute Gasteiger partial charge is 0.334 e. The molecule has 0 radical (unpaired) electrons. The topological polar surface area (TPSA) is 84.7 Å². The molecular weight excluding hydrogens is 351 g/mol. The van der Waals surface area contributed by atoms with Crippen molar-refractivity contribution in [1.82, 2.24) is 25.1 Å². The van der Waals surface area contributed by atoms with Gasteiger partial charge in [0, 0.05) is 23.8 Å². The molecular formula is C15H12Cl2N6O. The first-order chi connectivity index (χ1) is 11.6. The molecule has 122 valence electrons. The lowest BCUT2D eigenvalue weighted by atomic mass is 10.2. The average molecular weight is 363 g/mol. The molecule has 9 heteroatoms. The van der Waals surface area contributed by atoms with E-state index in [2.05, 4.69) is 25.7 Å². The number of hydrogen-bond acceptors (Lipinski definition) is 4. The van der Waals surface area contributed by atoms with E-state index in [1.165, 1.54) is 17.1 Å². The summed E-state index contributed by atoms with van der Waals surface area (Å²) in [6.45, 7) is 0.363. The minimum atomic E-state index is -0.352. The van der Waals surface area contributed by atoms with Crippen LogP contribution in [0.4, 0.5) is 10.5 Å². The Kier molecular flexibility index (Phi) is 4.93. The first kappa shape index (κ1) is 16.2. The molecule has 0 atom stereocenters. The van der Waals surface area contributed by atoms with Crippen LogP contribution in [0, 0.1) is 0 Å². The SMILES string of the molecule is O=C(NCc1cccc(Cl)c1)Nc1cnn(-c2ccnc(Cl)n2)c1. The third-order valence-electron chi connectivity index (χ3n) is 3.03. The summed E-state index contributed by atoms with van der Waals surface area (Å²) >= 11 is 11.6. The molecule has 7 nitrogen and oxygen atoms in total. The van der Waals surface area contributed by atoms with Gasteiger partial charge in [-0.2, -0.15) is 10.1 Å². The maximum atomic E-state index is 11.9. The molecule has 2 aromatic heterocycles. The normalized spacial score (nSPS) is 10.4. The molecule has 2 N–H and O–H groups in total. The van der Waals surface area contributed by atoms with Gasteiger partial charge in [-0.15, -0.1) is 0 Å². The van der Waals surface area contributed by atoms with Crippen molar-refractivity contribution in [3.8, 4) is 5.82 Å². The lowest BCUT2D eigenvalue weighted by molar-refractivity contribution is 0.251. The second-order valence-electron chi connectivity index (χ2n) is 4.80. The number of nitrogens with zero attached hydrogens (tertiary/aromatic N) is 4. The third kappa shape index (κ3) is 4.21. The van der Waals surface area contributed by atoms with Crippen LogP contribution >= 0.6 is 23.2 Å². The predicted octanol–water partition coefficient (Wildman–Crippen LogP) is 3.29. The van der Waals surface area contributed by atoms with E-state index in [-0.39, 0.29) is 11.3 Å². The van der Waals surface area contributed by atoms with Gasteiger partial charge in [0.2, 0.25) is 5.28 Å². The molecule has 0 fully saturated rings. The molecule has 3 aromatic rings. The van der Waals surface area contributed by atoms with Gasteiger partial charge >= 0.3 is 6.03 Å². The number of carbonyl (C=O) groups excluding carboxylic acids is 1. The van der Waals surface area contributed by atoms with Gasteiger partial charge in [-0.1, -0.05) is 23.7 Å². The van der Waals surface area contributed by atoms with Gasteiger partial charge in [-0.25, -0.2) is 14.5 Å². The molecule has 0 bridgehead atoms. The summed E-state index contributed by atoms with van der Waals surface area (Å²) < 4.78 is 1.49. The molecule has 0 saturated heterocycles. The molecule has 0 spiro atoms. The number of anilines is 1. The Morgan fingerprint density at radius 1 is 1.25 bits per heavy atom. The van der Waals surface area contributed by atoms with Crippen LogP contribution in [0.3, 0.4) is 0 Å². The summed E-state index contributed by atoms with van der Waals surface area (Å²) in [6.07, 6.45) is 4.66. The van der Waals surface area contributed by atoms with Gasteiger partial charge in [0.05, 0.1) is 18.1 Å². The zero-order valence-electron chi connectivity index (χ0n) is 12.3. The second kappa shape index (κ2) is 7.29. The zero-order chi connectivity index (χ0) is 16.9. The monoisotopic (exact) mass is 362 g/mol. The first-order valence-corrected chi connectivity index (χ1v) is 7.68. The van der Waals surface area contributed by atoms with Crippen molar-refractivity contribution in [3.63, 3.8) is 0 Å². The van der Waals surface area contributed by atoms with Crippen molar-refractivity contribution >= 4 is 34.9 Å². The Morgan fingerprint density at radius 3 is 2.92 bits per heavy atom. The van der Waals surface area contributed by atoms with Gasteiger partial charge in [-0.3, -0.25) is 0 Å². The quantitative estimate of drug-likeness (QED) is 0.697. The van der Waals surface area contributed by atoms with Crippen LogP contribution in [0.1, 0.15) is 5.56 Å². The smallest absolute Gasteiger partial charge is 0.319 e. The fraction of sp³-hybridized carbons (Fsp3) is 0.0667. The minimum Gasteiger partial charge on any atom is -0.334 e. The van der Waals surface area contributed by atoms with E-state index in [1.807, 2.05) is 12.1 Å². The fourth-order valence-corrected chi connectivity index (χ4v) is 2.33. The van der Waals surface area contributed by atoms with Crippen molar-refractivity contribution in [2.45, 2.75) is 6.54 Å². The fourth-order valence-electron chi connectivity index (χ4n) is 1.97. The van der Waals surface area contributed by atoms with Crippen molar-refractivity contribution in [2.24, 2.45) is 0 Å². The summed E-state index contributed by atoms with van der Waals surface area (Å²) in [4.78, 5) is 19.8. The Hall–Kier alpha value is -2.64. The third-order valence-corrected chi connectivity index (χ3v) is 3.45. The molecule has 0 aliphatic heterocycles. The van der Waals surface area contributed by atoms with Gasteiger partial charge < -0.3 is 10.6 Å². The highest BCUT2D eigenvalue weighted by Gasteiger charge is 2.06. The van der Waals surface area contributed by atoms with Crippen molar-refractivity contribution in [1.29, 1.82) is 0 Å². The molecule has 2 heterocycles. The van der Waals surface area contributed by atoms with E-state index in [0.717, 1.165) is 5.56 Å². The van der Waals surface area contributed by atoms with Crippen molar-refractivity contribution in [3.05, 3.63) is 64.8 Å². The number of urea groups is 1. The van der Waals surface area contributed by atoms with Crippen LogP contribution in [0.15, 0.2) is 48.9 Å². The predicted molar refractivity (Wildman–Crippen MR) is 91.5 cm³/mol. The molecule has 2 amide bonds. The standard InChI is InChI=1S/C15H12Cl2N6O/c16-11-3-1-2-10(6-11)7-19-15(24)21-12-8-20-23(9-12)13-4-5-18-14(17)22-13/h1-6,8-9H,7H2,(H2,19,21,24). The molecule has 0 aliphatic carbocycles. The van der Waals surface area contributed by atoms with Gasteiger partial charge in [-0.05, 0) is 29.3 Å². The van der Waals surface area contributed by atoms with E-state index >= 15 is 0 Å². The maximum Gasteiger partial charge on any atom is 0.319 e. The van der Waals surface area contributed by atoms with Crippen LogP contribution in [0.2, 0.25) is 10.3 Å². The first-order valence-electron chi connectivity index (χ1n) is 6.93.